The van der Waals surface area contributed by atoms with Crippen LogP contribution in [0.15, 0.2) is 24.3 Å². The number of carboxylic acid groups (broad SMARTS) is 1. The van der Waals surface area contributed by atoms with Crippen LogP contribution in [-0.4, -0.2) is 23.0 Å². The summed E-state index contributed by atoms with van der Waals surface area (Å²) in [6.07, 6.45) is 3.82. The van der Waals surface area contributed by atoms with Crippen molar-refractivity contribution in [3.05, 3.63) is 35.4 Å². The van der Waals surface area contributed by atoms with Gasteiger partial charge in [0.25, 0.3) is 0 Å². The molecule has 1 atom stereocenters. The van der Waals surface area contributed by atoms with Crippen LogP contribution in [0.1, 0.15) is 63.5 Å². The van der Waals surface area contributed by atoms with Crippen molar-refractivity contribution < 1.29 is 14.7 Å². The molecule has 1 aliphatic carbocycles. The second-order valence-corrected chi connectivity index (χ2v) is 7.46. The number of benzene rings is 1. The van der Waals surface area contributed by atoms with E-state index in [1.165, 1.54) is 5.56 Å². The molecule has 0 radical (unpaired) electrons. The summed E-state index contributed by atoms with van der Waals surface area (Å²) in [6, 6.07) is 8.38. The largest absolute Gasteiger partial charge is 0.481 e. The first kappa shape index (κ1) is 18.5. The maximum Gasteiger partial charge on any atom is 0.306 e. The summed E-state index contributed by atoms with van der Waals surface area (Å²) >= 11 is 0. The van der Waals surface area contributed by atoms with Gasteiger partial charge in [0, 0.05) is 6.04 Å². The minimum absolute atomic E-state index is 0.0375. The van der Waals surface area contributed by atoms with E-state index >= 15 is 0 Å². The highest BCUT2D eigenvalue weighted by atomic mass is 16.4. The number of hydrogen-bond donors (Lipinski definition) is 2. The van der Waals surface area contributed by atoms with Gasteiger partial charge in [-0.1, -0.05) is 38.1 Å². The highest BCUT2D eigenvalue weighted by Crippen LogP contribution is 2.25. The van der Waals surface area contributed by atoms with E-state index in [1.807, 2.05) is 19.1 Å². The molecule has 0 aromatic heterocycles. The first-order valence-corrected chi connectivity index (χ1v) is 8.98. The maximum atomic E-state index is 12.5. The molecule has 1 aromatic carbocycles. The van der Waals surface area contributed by atoms with Crippen molar-refractivity contribution in [2.24, 2.45) is 11.8 Å². The minimum Gasteiger partial charge on any atom is -0.481 e. The van der Waals surface area contributed by atoms with Crippen molar-refractivity contribution in [2.45, 2.75) is 64.8 Å². The number of amides is 1. The molecule has 0 spiro atoms. The smallest absolute Gasteiger partial charge is 0.306 e. The van der Waals surface area contributed by atoms with Crippen molar-refractivity contribution in [1.29, 1.82) is 0 Å². The molecular weight excluding hydrogens is 302 g/mol. The monoisotopic (exact) mass is 331 g/mol. The van der Waals surface area contributed by atoms with Gasteiger partial charge in [-0.25, -0.2) is 0 Å². The van der Waals surface area contributed by atoms with Crippen molar-refractivity contribution in [3.63, 3.8) is 0 Å². The summed E-state index contributed by atoms with van der Waals surface area (Å²) in [5.74, 6) is -0.517. The SMILES string of the molecule is CC(C)Cc1cccc(C(C)C(=O)NC2CCC(C(=O)O)CC2)c1. The number of carboxylic acids is 1. The van der Waals surface area contributed by atoms with Crippen LogP contribution in [0.3, 0.4) is 0 Å². The number of nitrogens with one attached hydrogen (secondary N) is 1. The van der Waals surface area contributed by atoms with Gasteiger partial charge in [0.1, 0.15) is 0 Å². The van der Waals surface area contributed by atoms with E-state index in [4.69, 9.17) is 5.11 Å². The zero-order chi connectivity index (χ0) is 17.7. The van der Waals surface area contributed by atoms with Gasteiger partial charge in [-0.05, 0) is 56.1 Å². The Labute approximate surface area is 144 Å². The van der Waals surface area contributed by atoms with Crippen LogP contribution in [0.4, 0.5) is 0 Å². The molecule has 1 aromatic rings. The van der Waals surface area contributed by atoms with Gasteiger partial charge in [0.15, 0.2) is 0 Å². The van der Waals surface area contributed by atoms with E-state index < -0.39 is 5.97 Å². The number of carbonyl (C=O) groups is 2. The summed E-state index contributed by atoms with van der Waals surface area (Å²) in [6.45, 7) is 6.32. The summed E-state index contributed by atoms with van der Waals surface area (Å²) in [5, 5.41) is 12.1. The molecule has 1 unspecified atom stereocenters. The lowest BCUT2D eigenvalue weighted by molar-refractivity contribution is -0.142. The molecule has 2 N–H and O–H groups in total. The Morgan fingerprint density at radius 3 is 2.42 bits per heavy atom. The lowest BCUT2D eigenvalue weighted by Crippen LogP contribution is -2.40. The highest BCUT2D eigenvalue weighted by molar-refractivity contribution is 5.83. The Kier molecular flexibility index (Phi) is 6.41. The quantitative estimate of drug-likeness (QED) is 0.834. The topological polar surface area (TPSA) is 66.4 Å². The number of aliphatic carboxylic acids is 1. The van der Waals surface area contributed by atoms with Crippen LogP contribution in [0.5, 0.6) is 0 Å². The van der Waals surface area contributed by atoms with Crippen LogP contribution >= 0.6 is 0 Å². The van der Waals surface area contributed by atoms with Crippen molar-refractivity contribution >= 4 is 11.9 Å². The second-order valence-electron chi connectivity index (χ2n) is 7.46. The molecule has 0 aliphatic heterocycles. The zero-order valence-electron chi connectivity index (χ0n) is 14.9. The fourth-order valence-corrected chi connectivity index (χ4v) is 3.42. The summed E-state index contributed by atoms with van der Waals surface area (Å²) in [4.78, 5) is 23.5. The normalized spacial score (nSPS) is 22.2. The predicted octanol–water partition coefficient (Wildman–Crippen LogP) is 3.75. The molecule has 0 bridgehead atoms. The Morgan fingerprint density at radius 2 is 1.83 bits per heavy atom. The van der Waals surface area contributed by atoms with E-state index in [1.54, 1.807) is 0 Å². The van der Waals surface area contributed by atoms with Crippen LogP contribution in [0.25, 0.3) is 0 Å². The van der Waals surface area contributed by atoms with Gasteiger partial charge in [-0.2, -0.15) is 0 Å². The summed E-state index contributed by atoms with van der Waals surface area (Å²) < 4.78 is 0. The molecule has 1 saturated carbocycles. The first-order chi connectivity index (χ1) is 11.4. The molecule has 2 rings (SSSR count). The van der Waals surface area contributed by atoms with Gasteiger partial charge in [-0.3, -0.25) is 9.59 Å². The number of hydrogen-bond acceptors (Lipinski definition) is 2. The van der Waals surface area contributed by atoms with E-state index in [9.17, 15) is 9.59 Å². The molecule has 4 nitrogen and oxygen atoms in total. The fraction of sp³-hybridized carbons (Fsp3) is 0.600. The van der Waals surface area contributed by atoms with Gasteiger partial charge >= 0.3 is 5.97 Å². The molecule has 0 saturated heterocycles. The predicted molar refractivity (Wildman–Crippen MR) is 94.9 cm³/mol. The van der Waals surface area contributed by atoms with E-state index in [0.29, 0.717) is 18.8 Å². The number of carbonyl (C=O) groups excluding carboxylic acids is 1. The summed E-state index contributed by atoms with van der Waals surface area (Å²) in [7, 11) is 0. The molecular formula is C20H29NO3. The molecule has 1 amide bonds. The minimum atomic E-state index is -0.713. The van der Waals surface area contributed by atoms with E-state index in [0.717, 1.165) is 24.8 Å². The zero-order valence-corrected chi connectivity index (χ0v) is 14.9. The Morgan fingerprint density at radius 1 is 1.17 bits per heavy atom. The Bertz CT molecular complexity index is 574. The van der Waals surface area contributed by atoms with Crippen LogP contribution in [0, 0.1) is 11.8 Å². The molecule has 0 heterocycles. The second kappa shape index (κ2) is 8.32. The summed E-state index contributed by atoms with van der Waals surface area (Å²) in [5.41, 5.74) is 2.31. The molecule has 1 aliphatic rings. The molecule has 4 heteroatoms. The van der Waals surface area contributed by atoms with Gasteiger partial charge in [-0.15, -0.1) is 0 Å². The Balaban J connectivity index is 1.92. The van der Waals surface area contributed by atoms with Crippen LogP contribution in [-0.2, 0) is 16.0 Å². The van der Waals surface area contributed by atoms with E-state index in [-0.39, 0.29) is 23.8 Å². The average Bonchev–Trinajstić information content (AvgIpc) is 2.54. The van der Waals surface area contributed by atoms with Crippen LogP contribution in [0.2, 0.25) is 0 Å². The molecule has 1 fully saturated rings. The van der Waals surface area contributed by atoms with Crippen molar-refractivity contribution in [1.82, 2.24) is 5.32 Å². The van der Waals surface area contributed by atoms with Crippen LogP contribution < -0.4 is 5.32 Å². The fourth-order valence-electron chi connectivity index (χ4n) is 3.42. The number of rotatable bonds is 6. The third kappa shape index (κ3) is 5.08. The lowest BCUT2D eigenvalue weighted by Gasteiger charge is -2.28. The van der Waals surface area contributed by atoms with Gasteiger partial charge in [0.2, 0.25) is 5.91 Å². The standard InChI is InChI=1S/C20H29NO3/c1-13(2)11-15-5-4-6-17(12-15)14(3)19(22)21-18-9-7-16(8-10-18)20(23)24/h4-6,12-14,16,18H,7-11H2,1-3H3,(H,21,22)(H,23,24). The molecule has 24 heavy (non-hydrogen) atoms. The third-order valence-electron chi connectivity index (χ3n) is 4.91. The van der Waals surface area contributed by atoms with Gasteiger partial charge in [0.05, 0.1) is 11.8 Å². The van der Waals surface area contributed by atoms with E-state index in [2.05, 4.69) is 31.3 Å². The van der Waals surface area contributed by atoms with Crippen molar-refractivity contribution in [2.75, 3.05) is 0 Å². The molecule has 132 valence electrons. The highest BCUT2D eigenvalue weighted by Gasteiger charge is 2.27. The van der Waals surface area contributed by atoms with Crippen molar-refractivity contribution in [3.8, 4) is 0 Å². The lowest BCUT2D eigenvalue weighted by atomic mass is 9.85. The maximum absolute atomic E-state index is 12.5. The first-order valence-electron chi connectivity index (χ1n) is 8.98. The van der Waals surface area contributed by atoms with Gasteiger partial charge < -0.3 is 10.4 Å². The average molecular weight is 331 g/mol. The third-order valence-corrected chi connectivity index (χ3v) is 4.91. The Hall–Kier alpha value is -1.84.